The molecule has 0 aliphatic heterocycles. The Balaban J connectivity index is 0.000000130. The summed E-state index contributed by atoms with van der Waals surface area (Å²) < 4.78 is 173. The van der Waals surface area contributed by atoms with Crippen LogP contribution < -0.4 is 0 Å². The molecule has 0 spiro atoms. The fourth-order valence-corrected chi connectivity index (χ4v) is 25.1. The smallest absolute Gasteiger partial charge is 0.316 e. The number of aryl methyl sites for hydroxylation is 4. The van der Waals surface area contributed by atoms with Crippen LogP contribution >= 0.6 is 0 Å². The molecule has 12 aromatic rings. The van der Waals surface area contributed by atoms with Gasteiger partial charge >= 0.3 is 11.8 Å². The van der Waals surface area contributed by atoms with Gasteiger partial charge in [0.2, 0.25) is 5.89 Å². The van der Waals surface area contributed by atoms with E-state index in [0.717, 1.165) is 109 Å². The number of nitrogens with zero attached hydrogens (tertiary/aromatic N) is 22. The van der Waals surface area contributed by atoms with Crippen molar-refractivity contribution in [2.45, 2.75) is 207 Å². The van der Waals surface area contributed by atoms with Crippen molar-refractivity contribution in [1.82, 2.24) is 111 Å². The molecule has 8 heterocycles. The Morgan fingerprint density at radius 2 is 0.725 bits per heavy atom. The van der Waals surface area contributed by atoms with Crippen molar-refractivity contribution < 1.29 is 80.2 Å². The van der Waals surface area contributed by atoms with Crippen LogP contribution in [0.2, 0.25) is 0 Å². The average molecular weight is 2000 g/mol. The monoisotopic (exact) mass is 1990 g/mol. The molecule has 0 saturated heterocycles. The number of benzene rings is 4. The third kappa shape index (κ3) is 17.1. The summed E-state index contributed by atoms with van der Waals surface area (Å²) in [6.45, 7) is 31.7. The zero-order chi connectivity index (χ0) is 102. The van der Waals surface area contributed by atoms with Crippen LogP contribution in [0.4, 0.5) is 35.1 Å². The topological polar surface area (TPSA) is 392 Å². The number of halogens is 8. The molecule has 4 amide bonds. The molecule has 42 heteroatoms. The van der Waals surface area contributed by atoms with Gasteiger partial charge in [0.1, 0.15) is 66.2 Å². The normalized spacial score (nSPS) is 21.9. The summed E-state index contributed by atoms with van der Waals surface area (Å²) in [7, 11) is -6.38. The Morgan fingerprint density at radius 3 is 1.03 bits per heavy atom. The fourth-order valence-electron chi connectivity index (χ4n) is 24.1. The number of carbonyl (C=O) groups is 4. The Kier molecular flexibility index (Phi) is 26.5. The summed E-state index contributed by atoms with van der Waals surface area (Å²) in [4.78, 5) is 69.3. The van der Waals surface area contributed by atoms with Crippen LogP contribution in [0.3, 0.4) is 0 Å². The lowest BCUT2D eigenvalue weighted by atomic mass is 9.68. The summed E-state index contributed by atoms with van der Waals surface area (Å²) in [6, 6.07) is 22.0. The van der Waals surface area contributed by atoms with Crippen LogP contribution in [0.25, 0.3) is 45.0 Å². The van der Waals surface area contributed by atoms with Gasteiger partial charge in [0.15, 0.2) is 17.2 Å². The van der Waals surface area contributed by atoms with Gasteiger partial charge in [-0.25, -0.2) is 52.0 Å². The van der Waals surface area contributed by atoms with Crippen LogP contribution in [0.5, 0.6) is 0 Å². The maximum absolute atomic E-state index is 14.5. The summed E-state index contributed by atoms with van der Waals surface area (Å²) >= 11 is 0. The average Bonchev–Trinajstić information content (AvgIpc) is 1.54. The second-order valence-electron chi connectivity index (χ2n) is 40.6. The van der Waals surface area contributed by atoms with Crippen molar-refractivity contribution >= 4 is 43.3 Å². The first-order valence-electron chi connectivity index (χ1n) is 47.4. The molecular formula is C100H110F8N22O10S2. The summed E-state index contributed by atoms with van der Waals surface area (Å²) in [5.74, 6) is -5.65. The molecule has 0 unspecified atom stereocenters. The van der Waals surface area contributed by atoms with Crippen LogP contribution in [-0.2, 0) is 54.4 Å². The number of carbonyl (C=O) groups excluding carboxylic acids is 4. The molecule has 4 saturated carbocycles. The quantitative estimate of drug-likeness (QED) is 0.0454. The van der Waals surface area contributed by atoms with Gasteiger partial charge < -0.3 is 28.6 Å². The van der Waals surface area contributed by atoms with Gasteiger partial charge in [-0.15, -0.1) is 10.2 Å². The predicted molar refractivity (Wildman–Crippen MR) is 503 cm³/mol. The molecule has 8 bridgehead atoms. The lowest BCUT2D eigenvalue weighted by Crippen LogP contribution is -2.48. The van der Waals surface area contributed by atoms with Crippen LogP contribution in [0, 0.1) is 82.0 Å². The summed E-state index contributed by atoms with van der Waals surface area (Å²) in [6.07, 6.45) is 11.9. The molecule has 8 atom stereocenters. The molecule has 20 rings (SSSR count). The van der Waals surface area contributed by atoms with Gasteiger partial charge in [-0.05, 0) is 226 Å². The van der Waals surface area contributed by atoms with Crippen molar-refractivity contribution in [3.63, 3.8) is 0 Å². The highest BCUT2D eigenvalue weighted by atomic mass is 32.2. The number of sulfone groups is 2. The van der Waals surface area contributed by atoms with Gasteiger partial charge in [0.05, 0.1) is 105 Å². The van der Waals surface area contributed by atoms with Crippen LogP contribution in [0.15, 0.2) is 119 Å². The molecule has 8 aliphatic carbocycles. The number of aromatic nitrogens is 18. The predicted octanol–water partition coefficient (Wildman–Crippen LogP) is 15.6. The highest BCUT2D eigenvalue weighted by Crippen LogP contribution is 2.72. The molecular weight excluding hydrogens is 1890 g/mol. The third-order valence-corrected chi connectivity index (χ3v) is 34.0. The molecule has 32 nitrogen and oxygen atoms in total. The first-order valence-corrected chi connectivity index (χ1v) is 51.5. The first kappa shape index (κ1) is 101. The zero-order valence-corrected chi connectivity index (χ0v) is 83.2. The maximum atomic E-state index is 14.5. The van der Waals surface area contributed by atoms with Crippen molar-refractivity contribution in [3.8, 4) is 45.0 Å². The van der Waals surface area contributed by atoms with Crippen molar-refractivity contribution in [3.05, 3.63) is 236 Å². The lowest BCUT2D eigenvalue weighted by Gasteiger charge is -2.41. The molecule has 4 fully saturated rings. The van der Waals surface area contributed by atoms with Gasteiger partial charge in [-0.1, -0.05) is 95.2 Å². The second-order valence-corrected chi connectivity index (χ2v) is 45.1. The molecule has 748 valence electrons. The van der Waals surface area contributed by atoms with E-state index in [0.29, 0.717) is 64.1 Å². The van der Waals surface area contributed by atoms with E-state index < -0.39 is 87.9 Å². The van der Waals surface area contributed by atoms with Crippen molar-refractivity contribution in [2.75, 3.05) is 76.4 Å². The van der Waals surface area contributed by atoms with Crippen molar-refractivity contribution in [2.24, 2.45) is 21.7 Å². The molecule has 0 N–H and O–H groups in total. The van der Waals surface area contributed by atoms with Gasteiger partial charge in [0, 0.05) is 93.5 Å². The van der Waals surface area contributed by atoms with E-state index in [9.17, 15) is 71.1 Å². The maximum Gasteiger partial charge on any atom is 0.316 e. The van der Waals surface area contributed by atoms with Gasteiger partial charge in [-0.3, -0.25) is 23.9 Å². The van der Waals surface area contributed by atoms with Gasteiger partial charge in [-0.2, -0.15) is 60.7 Å². The van der Waals surface area contributed by atoms with E-state index in [4.69, 9.17) is 9.05 Å². The number of rotatable bonds is 26. The minimum atomic E-state index is -3.19. The van der Waals surface area contributed by atoms with E-state index in [1.54, 1.807) is 57.7 Å². The zero-order valence-electron chi connectivity index (χ0n) is 81.6. The largest absolute Gasteiger partial charge is 0.339 e. The Hall–Kier alpha value is -13.0. The highest BCUT2D eigenvalue weighted by molar-refractivity contribution is 7.90. The standard InChI is InChI=1S/2C26H30F2N6O3S.2C24H25F2N5O2/c1-5-33(24(35)21-14-34(32-30-21)11-12-38(4,36)37)15-26-10-9-17(25(26,2)3)16-13-20(29-31-23(16)26)22-18(27)7-6-8-19(22)28;1-5-33(24(35)21-14-29-34(32-21)11-12-38(4,36)37)15-26-10-9-17(25(26,2)3)16-13-20(30-31-23(16)26)22-18(27)7-6-8-19(22)28;1-5-31(22(32)21-27-13(2)33-30-21)12-24-10-9-15(23(24,3)4)14-11-18(28-29-20(14)24)19-16(25)7-6-8-17(19)26;1-5-31(22(32)21-27-13(2)30-33-21)12-24-10-9-15(23(24,3)4)14-11-18(28-29-20(14)24)19-16(25)7-6-8-17(19)26/h2*6-8,13-14,17H,5,9-12,15H2,1-4H3;2*6-8,11,15H,5,9-10,12H2,1-4H3/t2*17-,26-;2*15-,24-/m0000/s1. The minimum absolute atomic E-state index is 0.0345. The van der Waals surface area contributed by atoms with Crippen molar-refractivity contribution in [1.29, 1.82) is 0 Å². The van der Waals surface area contributed by atoms with E-state index in [-0.39, 0.29) is 162 Å². The minimum Gasteiger partial charge on any atom is -0.339 e. The Labute approximate surface area is 815 Å². The van der Waals surface area contributed by atoms with Crippen LogP contribution in [0.1, 0.15) is 257 Å². The van der Waals surface area contributed by atoms with E-state index in [1.807, 2.05) is 27.7 Å². The first-order chi connectivity index (χ1) is 67.1. The lowest BCUT2D eigenvalue weighted by molar-refractivity contribution is 0.0602. The SMILES string of the molecule is CCN(C[C@@]12CC[C@@H](c3cc(-c4c(F)cccc4F)nnc31)C2(C)C)C(=O)c1cn(CCS(C)(=O)=O)nn1.CCN(C[C@@]12CC[C@@H](c3cc(-c4c(F)cccc4F)nnc31)C2(C)C)C(=O)c1cnn(CCS(C)(=O)=O)n1.CCN(C[C@@]12CC[C@@H](c3cc(-c4c(F)cccc4F)nnc31)C2(C)C)C(=O)c1nc(C)no1.CCN(C[C@@]12CC[C@@H](c3cc(-c4c(F)cccc4F)nnc31)C2(C)C)C(=O)c1noc(C)n1. The fraction of sp³-hybridized carbons (Fsp3) is 0.480. The third-order valence-electron chi connectivity index (χ3n) is 32.2. The number of hydrogen-bond acceptors (Lipinski definition) is 26. The molecule has 4 aromatic carbocycles. The highest BCUT2D eigenvalue weighted by Gasteiger charge is 2.68. The Bertz CT molecular complexity index is 6740. The van der Waals surface area contributed by atoms with E-state index >= 15 is 0 Å². The van der Waals surface area contributed by atoms with E-state index in [1.165, 1.54) is 94.7 Å². The second kappa shape index (κ2) is 37.4. The number of likely N-dealkylation sites (N-methyl/N-ethyl adjacent to an activating group) is 4. The summed E-state index contributed by atoms with van der Waals surface area (Å²) in [5.41, 5.74) is 4.27. The van der Waals surface area contributed by atoms with E-state index in [2.05, 4.69) is 137 Å². The number of fused-ring (bicyclic) bond motifs is 20. The molecule has 8 aliphatic rings. The Morgan fingerprint density at radius 1 is 0.408 bits per heavy atom. The number of hydrogen-bond donors (Lipinski definition) is 0. The van der Waals surface area contributed by atoms with Gasteiger partial charge in [0.25, 0.3) is 23.5 Å². The molecule has 142 heavy (non-hydrogen) atoms. The summed E-state index contributed by atoms with van der Waals surface area (Å²) in [5, 5.41) is 58.8. The molecule has 0 radical (unpaired) electrons. The molecule has 8 aromatic heterocycles. The number of amides is 4. The van der Waals surface area contributed by atoms with Crippen LogP contribution in [-0.4, -0.2) is 227 Å².